The Morgan fingerprint density at radius 1 is 0.929 bits per heavy atom. The number of nitrogens with zero attached hydrogens (tertiary/aromatic N) is 3. The van der Waals surface area contributed by atoms with Crippen LogP contribution in [0.5, 0.6) is 17.2 Å². The molecular formula is C32H45Cl2N3O5. The van der Waals surface area contributed by atoms with Gasteiger partial charge in [-0.3, -0.25) is 9.69 Å². The van der Waals surface area contributed by atoms with E-state index in [1.807, 2.05) is 30.5 Å². The second kappa shape index (κ2) is 16.4. The van der Waals surface area contributed by atoms with E-state index in [9.17, 15) is 4.79 Å². The molecule has 0 amide bonds. The van der Waals surface area contributed by atoms with E-state index in [0.29, 0.717) is 24.2 Å². The van der Waals surface area contributed by atoms with Crippen LogP contribution in [-0.4, -0.2) is 87.7 Å². The van der Waals surface area contributed by atoms with Crippen LogP contribution >= 0.6 is 24.8 Å². The Kier molecular flexibility index (Phi) is 13.3. The fourth-order valence-corrected chi connectivity index (χ4v) is 5.78. The van der Waals surface area contributed by atoms with Crippen molar-refractivity contribution >= 4 is 35.7 Å². The van der Waals surface area contributed by atoms with E-state index in [-0.39, 0.29) is 30.2 Å². The predicted octanol–water partition coefficient (Wildman–Crippen LogP) is 5.29. The molecule has 0 saturated carbocycles. The molecule has 5 rings (SSSR count). The minimum atomic E-state index is -0.0105. The van der Waals surface area contributed by atoms with Crippen molar-refractivity contribution in [1.29, 1.82) is 0 Å². The van der Waals surface area contributed by atoms with Gasteiger partial charge in [0.2, 0.25) is 5.43 Å². The highest BCUT2D eigenvalue weighted by molar-refractivity contribution is 5.94. The van der Waals surface area contributed by atoms with Gasteiger partial charge in [-0.2, -0.15) is 0 Å². The molecule has 3 aromatic rings. The molecule has 232 valence electrons. The molecule has 0 aliphatic carbocycles. The zero-order chi connectivity index (χ0) is 27.9. The second-order valence-corrected chi connectivity index (χ2v) is 10.7. The molecule has 0 unspecified atom stereocenters. The van der Waals surface area contributed by atoms with Crippen molar-refractivity contribution < 1.29 is 18.9 Å². The van der Waals surface area contributed by atoms with Crippen LogP contribution in [0.15, 0.2) is 41.3 Å². The van der Waals surface area contributed by atoms with E-state index in [4.69, 9.17) is 18.9 Å². The zero-order valence-corrected chi connectivity index (χ0v) is 26.7. The number of methoxy groups -OCH3 is 2. The van der Waals surface area contributed by atoms with Crippen LogP contribution < -0.4 is 19.6 Å². The Labute approximate surface area is 261 Å². The number of rotatable bonds is 12. The van der Waals surface area contributed by atoms with Crippen molar-refractivity contribution in [2.24, 2.45) is 0 Å². The lowest BCUT2D eigenvalue weighted by Gasteiger charge is -2.34. The van der Waals surface area contributed by atoms with Gasteiger partial charge in [-0.15, -0.1) is 24.8 Å². The molecule has 0 N–H and O–H groups in total. The maximum absolute atomic E-state index is 14.2. The Balaban J connectivity index is 0.00000242. The number of benzene rings is 2. The Morgan fingerprint density at radius 2 is 1.64 bits per heavy atom. The normalized spacial score (nSPS) is 15.3. The van der Waals surface area contributed by atoms with E-state index in [1.165, 1.54) is 0 Å². The molecule has 0 spiro atoms. The number of hydrogen-bond donors (Lipinski definition) is 0. The minimum Gasteiger partial charge on any atom is -0.497 e. The average Bonchev–Trinajstić information content (AvgIpc) is 3.00. The van der Waals surface area contributed by atoms with Crippen molar-refractivity contribution in [2.75, 3.05) is 73.3 Å². The first-order valence-corrected chi connectivity index (χ1v) is 14.7. The highest BCUT2D eigenvalue weighted by Gasteiger charge is 2.24. The Hall–Kier alpha value is -2.49. The second-order valence-electron chi connectivity index (χ2n) is 10.7. The van der Waals surface area contributed by atoms with Crippen LogP contribution in [0, 0.1) is 0 Å². The van der Waals surface area contributed by atoms with Gasteiger partial charge in [0.15, 0.2) is 0 Å². The molecule has 0 bridgehead atoms. The number of hydrogen-bond acceptors (Lipinski definition) is 7. The van der Waals surface area contributed by atoms with Crippen LogP contribution in [0.3, 0.4) is 0 Å². The molecule has 0 radical (unpaired) electrons. The van der Waals surface area contributed by atoms with E-state index in [2.05, 4.69) is 27.4 Å². The summed E-state index contributed by atoms with van der Waals surface area (Å²) < 4.78 is 25.3. The monoisotopic (exact) mass is 621 g/mol. The molecule has 2 aliphatic rings. The third-order valence-electron chi connectivity index (χ3n) is 7.99. The highest BCUT2D eigenvalue weighted by atomic mass is 35.5. The fraction of sp³-hybridized carbons (Fsp3) is 0.531. The number of aromatic nitrogens is 1. The maximum atomic E-state index is 14.2. The first kappa shape index (κ1) is 34.0. The zero-order valence-electron chi connectivity index (χ0n) is 25.1. The van der Waals surface area contributed by atoms with Crippen LogP contribution in [-0.2, 0) is 17.7 Å². The Bertz CT molecular complexity index is 1340. The van der Waals surface area contributed by atoms with Crippen LogP contribution in [0.2, 0.25) is 0 Å². The van der Waals surface area contributed by atoms with E-state index in [0.717, 1.165) is 112 Å². The van der Waals surface area contributed by atoms with Gasteiger partial charge in [0.05, 0.1) is 37.8 Å². The first-order chi connectivity index (χ1) is 19.6. The molecule has 10 heteroatoms. The van der Waals surface area contributed by atoms with Crippen molar-refractivity contribution in [3.63, 3.8) is 0 Å². The van der Waals surface area contributed by atoms with Crippen LogP contribution in [0.4, 0.5) is 0 Å². The topological polar surface area (TPSA) is 65.4 Å². The van der Waals surface area contributed by atoms with Gasteiger partial charge in [-0.25, -0.2) is 0 Å². The standard InChI is InChI=1S/C32H43N3O5.2ClH/c1-4-19-39-28-22-25-7-5-20-40-32(25)29-30(28)35(13-6-12-33-14-16-34(17-15-33)18-21-37-2)23-27(31(29)36)24-8-10-26(38-3)11-9-24;;/h8-11,22-23H,4-7,12-21H2,1-3H3;2*1H. The average molecular weight is 623 g/mol. The smallest absolute Gasteiger partial charge is 0.201 e. The van der Waals surface area contributed by atoms with Gasteiger partial charge in [0.25, 0.3) is 0 Å². The number of halogens is 2. The molecule has 2 aromatic carbocycles. The summed E-state index contributed by atoms with van der Waals surface area (Å²) in [4.78, 5) is 19.2. The third kappa shape index (κ3) is 7.71. The number of pyridine rings is 1. The number of piperazine rings is 1. The summed E-state index contributed by atoms with van der Waals surface area (Å²) in [6, 6.07) is 9.83. The highest BCUT2D eigenvalue weighted by Crippen LogP contribution is 2.39. The lowest BCUT2D eigenvalue weighted by atomic mass is 9.98. The van der Waals surface area contributed by atoms with E-state index >= 15 is 0 Å². The van der Waals surface area contributed by atoms with Crippen molar-refractivity contribution in [3.8, 4) is 28.4 Å². The number of fused-ring (bicyclic) bond motifs is 3. The SMILES string of the molecule is CCCOc1cc2c(c3c(=O)c(-c4ccc(OC)cc4)cn(CCCN4CCN(CCOC)CC4)c13)OCCC2.Cl.Cl. The Morgan fingerprint density at radius 3 is 2.31 bits per heavy atom. The molecular weight excluding hydrogens is 577 g/mol. The van der Waals surface area contributed by atoms with Gasteiger partial charge in [0, 0.05) is 58.1 Å². The van der Waals surface area contributed by atoms with E-state index < -0.39 is 0 Å². The molecule has 0 atom stereocenters. The molecule has 2 aliphatic heterocycles. The maximum Gasteiger partial charge on any atom is 0.201 e. The largest absolute Gasteiger partial charge is 0.497 e. The summed E-state index contributed by atoms with van der Waals surface area (Å²) in [5, 5.41) is 0.642. The molecule has 8 nitrogen and oxygen atoms in total. The summed E-state index contributed by atoms with van der Waals surface area (Å²) >= 11 is 0. The minimum absolute atomic E-state index is 0. The van der Waals surface area contributed by atoms with Crippen molar-refractivity contribution in [3.05, 3.63) is 52.3 Å². The number of aryl methyl sites for hydroxylation is 2. The molecule has 3 heterocycles. The van der Waals surface area contributed by atoms with Crippen molar-refractivity contribution in [2.45, 2.75) is 39.2 Å². The predicted molar refractivity (Wildman–Crippen MR) is 174 cm³/mol. The van der Waals surface area contributed by atoms with Gasteiger partial charge in [0.1, 0.15) is 17.2 Å². The number of ether oxygens (including phenoxy) is 4. The molecule has 1 saturated heterocycles. The summed E-state index contributed by atoms with van der Waals surface area (Å²) in [6.07, 6.45) is 5.72. The van der Waals surface area contributed by atoms with E-state index in [1.54, 1.807) is 14.2 Å². The van der Waals surface area contributed by atoms with Gasteiger partial charge in [-0.05, 0) is 61.6 Å². The fourth-order valence-electron chi connectivity index (χ4n) is 5.78. The summed E-state index contributed by atoms with van der Waals surface area (Å²) in [7, 11) is 3.41. The van der Waals surface area contributed by atoms with Gasteiger partial charge >= 0.3 is 0 Å². The third-order valence-corrected chi connectivity index (χ3v) is 7.99. The molecule has 42 heavy (non-hydrogen) atoms. The quantitative estimate of drug-likeness (QED) is 0.272. The molecule has 1 aromatic heterocycles. The molecule has 1 fully saturated rings. The van der Waals surface area contributed by atoms with Gasteiger partial charge in [-0.1, -0.05) is 19.1 Å². The first-order valence-electron chi connectivity index (χ1n) is 14.7. The summed E-state index contributed by atoms with van der Waals surface area (Å²) in [6.45, 7) is 11.2. The van der Waals surface area contributed by atoms with Crippen molar-refractivity contribution in [1.82, 2.24) is 14.4 Å². The van der Waals surface area contributed by atoms with Gasteiger partial charge < -0.3 is 28.4 Å². The van der Waals surface area contributed by atoms with Crippen LogP contribution in [0.1, 0.15) is 31.7 Å². The summed E-state index contributed by atoms with van der Waals surface area (Å²) in [5.74, 6) is 2.28. The summed E-state index contributed by atoms with van der Waals surface area (Å²) in [5.41, 5.74) is 3.44. The lowest BCUT2D eigenvalue weighted by Crippen LogP contribution is -2.47. The van der Waals surface area contributed by atoms with Crippen LogP contribution in [0.25, 0.3) is 22.0 Å². The lowest BCUT2D eigenvalue weighted by molar-refractivity contribution is 0.0959.